The van der Waals surface area contributed by atoms with Crippen LogP contribution in [0.25, 0.3) is 33.3 Å². The zero-order valence-electron chi connectivity index (χ0n) is 13.3. The van der Waals surface area contributed by atoms with Crippen LogP contribution in [-0.4, -0.2) is 25.3 Å². The van der Waals surface area contributed by atoms with Crippen LogP contribution in [-0.2, 0) is 5.41 Å². The molecule has 0 fully saturated rings. The molecule has 0 aliphatic heterocycles. The van der Waals surface area contributed by atoms with Gasteiger partial charge in [-0.3, -0.25) is 0 Å². The number of phenolic OH excluding ortho intramolecular Hbond substituents is 1. The first-order valence-electron chi connectivity index (χ1n) is 7.59. The number of benzene rings is 2. The topological polar surface area (TPSA) is 77.6 Å². The third-order valence-corrected chi connectivity index (χ3v) is 4.14. The molecule has 0 amide bonds. The number of hydrogen-bond acceptors (Lipinski definition) is 3. The number of phenols is 1. The summed E-state index contributed by atoms with van der Waals surface area (Å²) in [6, 6.07) is 9.58. The molecule has 0 aliphatic carbocycles. The molecule has 2 aromatic heterocycles. The minimum absolute atomic E-state index is 0.000187. The van der Waals surface area contributed by atoms with Crippen LogP contribution in [0.2, 0.25) is 0 Å². The lowest BCUT2D eigenvalue weighted by Crippen LogP contribution is -2.10. The predicted octanol–water partition coefficient (Wildman–Crippen LogP) is 4.11. The highest BCUT2D eigenvalue weighted by molar-refractivity contribution is 5.94. The fraction of sp³-hybridized carbons (Fsp3) is 0.222. The Morgan fingerprint density at radius 3 is 2.48 bits per heavy atom. The summed E-state index contributed by atoms with van der Waals surface area (Å²) < 4.78 is 0. The second-order valence-corrected chi connectivity index (χ2v) is 6.87. The summed E-state index contributed by atoms with van der Waals surface area (Å²) in [5, 5.41) is 17.3. The lowest BCUT2D eigenvalue weighted by atomic mass is 9.86. The molecule has 5 nitrogen and oxygen atoms in total. The van der Waals surface area contributed by atoms with Crippen LogP contribution in [0.15, 0.2) is 36.5 Å². The van der Waals surface area contributed by atoms with Gasteiger partial charge in [0, 0.05) is 11.6 Å². The van der Waals surface area contributed by atoms with Gasteiger partial charge in [-0.1, -0.05) is 26.8 Å². The first kappa shape index (κ1) is 13.8. The highest BCUT2D eigenvalue weighted by Crippen LogP contribution is 2.34. The average molecular weight is 306 g/mol. The largest absolute Gasteiger partial charge is 0.507 e. The lowest BCUT2D eigenvalue weighted by molar-refractivity contribution is 0.475. The summed E-state index contributed by atoms with van der Waals surface area (Å²) >= 11 is 0. The van der Waals surface area contributed by atoms with Gasteiger partial charge in [-0.25, -0.2) is 9.97 Å². The minimum atomic E-state index is 0.000187. The number of aromatic amines is 2. The van der Waals surface area contributed by atoms with Gasteiger partial charge in [0.1, 0.15) is 5.75 Å². The third kappa shape index (κ3) is 2.25. The molecule has 0 spiro atoms. The number of H-pyrrole nitrogens is 2. The third-order valence-electron chi connectivity index (χ3n) is 4.14. The maximum atomic E-state index is 10.2. The molecule has 23 heavy (non-hydrogen) atoms. The summed E-state index contributed by atoms with van der Waals surface area (Å²) in [6.07, 6.45) is 1.89. The standard InChI is InChI=1S/C18H18N4O/c1-18(2,3)11-4-5-16(23)12(7-11)17-20-14-6-10-9-19-22-13(10)8-15(14)21-17/h4-9,19,22-23H,1-3H3. The molecule has 0 radical (unpaired) electrons. The van der Waals surface area contributed by atoms with Crippen molar-refractivity contribution in [2.24, 2.45) is 0 Å². The number of nitrogens with zero attached hydrogens (tertiary/aromatic N) is 2. The van der Waals surface area contributed by atoms with Gasteiger partial charge in [0.25, 0.3) is 0 Å². The van der Waals surface area contributed by atoms with Crippen LogP contribution in [0.4, 0.5) is 0 Å². The maximum absolute atomic E-state index is 10.2. The minimum Gasteiger partial charge on any atom is -0.507 e. The van der Waals surface area contributed by atoms with Crippen LogP contribution >= 0.6 is 0 Å². The quantitative estimate of drug-likeness (QED) is 0.495. The van der Waals surface area contributed by atoms with Crippen molar-refractivity contribution < 1.29 is 5.11 Å². The van der Waals surface area contributed by atoms with E-state index < -0.39 is 0 Å². The van der Waals surface area contributed by atoms with Crippen LogP contribution in [0.5, 0.6) is 5.75 Å². The average Bonchev–Trinajstić information content (AvgIpc) is 3.08. The van der Waals surface area contributed by atoms with Gasteiger partial charge in [-0.15, -0.1) is 0 Å². The Bertz CT molecular complexity index is 973. The fourth-order valence-electron chi connectivity index (χ4n) is 2.75. The van der Waals surface area contributed by atoms with Gasteiger partial charge in [-0.2, -0.15) is 0 Å². The van der Waals surface area contributed by atoms with Crippen LogP contribution in [0.1, 0.15) is 26.3 Å². The van der Waals surface area contributed by atoms with Gasteiger partial charge in [0.15, 0.2) is 5.82 Å². The van der Waals surface area contributed by atoms with E-state index in [-0.39, 0.29) is 11.2 Å². The highest BCUT2D eigenvalue weighted by atomic mass is 16.3. The van der Waals surface area contributed by atoms with E-state index in [0.717, 1.165) is 27.5 Å². The van der Waals surface area contributed by atoms with Crippen molar-refractivity contribution in [2.45, 2.75) is 26.2 Å². The number of hydrogen-bond donors (Lipinski definition) is 3. The summed E-state index contributed by atoms with van der Waals surface area (Å²) in [6.45, 7) is 6.43. The molecule has 4 aromatic rings. The molecule has 0 unspecified atom stereocenters. The second-order valence-electron chi connectivity index (χ2n) is 6.87. The predicted molar refractivity (Wildman–Crippen MR) is 91.5 cm³/mol. The molecule has 5 heteroatoms. The van der Waals surface area contributed by atoms with E-state index in [4.69, 9.17) is 0 Å². The number of aromatic hydroxyl groups is 1. The molecule has 116 valence electrons. The first-order chi connectivity index (χ1) is 10.9. The Kier molecular flexibility index (Phi) is 2.75. The van der Waals surface area contributed by atoms with E-state index >= 15 is 0 Å². The fourth-order valence-corrected chi connectivity index (χ4v) is 2.75. The monoisotopic (exact) mass is 306 g/mol. The zero-order valence-corrected chi connectivity index (χ0v) is 13.3. The highest BCUT2D eigenvalue weighted by Gasteiger charge is 2.18. The van der Waals surface area contributed by atoms with E-state index in [1.54, 1.807) is 6.07 Å². The lowest BCUT2D eigenvalue weighted by Gasteiger charge is -2.19. The van der Waals surface area contributed by atoms with Gasteiger partial charge in [0.05, 0.1) is 22.1 Å². The zero-order chi connectivity index (χ0) is 16.2. The van der Waals surface area contributed by atoms with Gasteiger partial charge < -0.3 is 15.3 Å². The second kappa shape index (κ2) is 4.59. The molecule has 2 heterocycles. The Labute approximate surface area is 133 Å². The Morgan fingerprint density at radius 2 is 1.74 bits per heavy atom. The summed E-state index contributed by atoms with van der Waals surface area (Å²) in [7, 11) is 0. The van der Waals surface area contributed by atoms with Gasteiger partial charge >= 0.3 is 0 Å². The summed E-state index contributed by atoms with van der Waals surface area (Å²) in [5.41, 5.74) is 4.42. The van der Waals surface area contributed by atoms with Crippen molar-refractivity contribution in [2.75, 3.05) is 0 Å². The molecular weight excluding hydrogens is 288 g/mol. The smallest absolute Gasteiger partial charge is 0.164 e. The van der Waals surface area contributed by atoms with Crippen LogP contribution in [0, 0.1) is 0 Å². The molecule has 4 rings (SSSR count). The molecule has 3 N–H and O–H groups in total. The van der Waals surface area contributed by atoms with E-state index in [1.165, 1.54) is 0 Å². The van der Waals surface area contributed by atoms with Crippen molar-refractivity contribution in [3.63, 3.8) is 0 Å². The van der Waals surface area contributed by atoms with Crippen molar-refractivity contribution in [3.8, 4) is 17.1 Å². The Balaban J connectivity index is 1.91. The summed E-state index contributed by atoms with van der Waals surface area (Å²) in [5.74, 6) is 0.757. The number of fused-ring (bicyclic) bond motifs is 2. The van der Waals surface area contributed by atoms with E-state index in [1.807, 2.05) is 30.5 Å². The van der Waals surface area contributed by atoms with E-state index in [9.17, 15) is 5.11 Å². The Hall–Kier alpha value is -2.82. The van der Waals surface area contributed by atoms with Crippen LogP contribution in [0.3, 0.4) is 0 Å². The molecular formula is C18H18N4O. The first-order valence-corrected chi connectivity index (χ1v) is 7.59. The Morgan fingerprint density at radius 1 is 1.00 bits per heavy atom. The van der Waals surface area contributed by atoms with Crippen molar-refractivity contribution in [1.82, 2.24) is 20.2 Å². The van der Waals surface area contributed by atoms with Crippen molar-refractivity contribution in [3.05, 3.63) is 42.1 Å². The molecule has 0 saturated carbocycles. The van der Waals surface area contributed by atoms with Crippen LogP contribution < -0.4 is 0 Å². The van der Waals surface area contributed by atoms with Crippen molar-refractivity contribution in [1.29, 1.82) is 0 Å². The number of nitrogens with one attached hydrogen (secondary N) is 2. The SMILES string of the molecule is CC(C)(C)c1ccc(O)c(-c2nc3cc4c[nH][nH]c4cc3n2)c1. The molecule has 0 aliphatic rings. The summed E-state index contributed by atoms with van der Waals surface area (Å²) in [4.78, 5) is 9.19. The molecule has 0 saturated heterocycles. The maximum Gasteiger partial charge on any atom is 0.164 e. The van der Waals surface area contributed by atoms with Crippen molar-refractivity contribution >= 4 is 21.9 Å². The molecule has 0 atom stereocenters. The van der Waals surface area contributed by atoms with Gasteiger partial charge in [0.2, 0.25) is 0 Å². The number of imidazole rings is 1. The molecule has 2 aromatic carbocycles. The van der Waals surface area contributed by atoms with Gasteiger partial charge in [-0.05, 0) is 35.2 Å². The van der Waals surface area contributed by atoms with E-state index in [2.05, 4.69) is 40.9 Å². The number of aromatic nitrogens is 4. The molecule has 0 bridgehead atoms. The number of rotatable bonds is 1. The normalized spacial score (nSPS) is 12.3. The van der Waals surface area contributed by atoms with E-state index in [0.29, 0.717) is 11.4 Å².